The Morgan fingerprint density at radius 2 is 2.50 bits per heavy atom. The average Bonchev–Trinajstić information content (AvgIpc) is 2.78. The molecule has 0 aliphatic carbocycles. The van der Waals surface area contributed by atoms with E-state index in [1.54, 1.807) is 7.11 Å². The van der Waals surface area contributed by atoms with Crippen molar-refractivity contribution >= 4 is 5.91 Å². The lowest BCUT2D eigenvalue weighted by molar-refractivity contribution is -0.144. The number of ether oxygens (including phenoxy) is 2. The molecule has 0 aromatic carbocycles. The Morgan fingerprint density at radius 3 is 3.19 bits per heavy atom. The van der Waals surface area contributed by atoms with Crippen LogP contribution in [0.1, 0.15) is 6.42 Å². The SMILES string of the molecule is COCC1CCN(C(=O)C2CNCCO2)C1. The van der Waals surface area contributed by atoms with Crippen molar-refractivity contribution < 1.29 is 14.3 Å². The summed E-state index contributed by atoms with van der Waals surface area (Å²) in [5.41, 5.74) is 0. The number of nitrogens with one attached hydrogen (secondary N) is 1. The number of hydrogen-bond acceptors (Lipinski definition) is 4. The van der Waals surface area contributed by atoms with Crippen LogP contribution in [0.4, 0.5) is 0 Å². The Hall–Kier alpha value is -0.650. The highest BCUT2D eigenvalue weighted by molar-refractivity contribution is 5.81. The normalized spacial score (nSPS) is 30.7. The van der Waals surface area contributed by atoms with E-state index in [2.05, 4.69) is 5.32 Å². The van der Waals surface area contributed by atoms with Crippen molar-refractivity contribution in [3.05, 3.63) is 0 Å². The van der Waals surface area contributed by atoms with Gasteiger partial charge in [0.1, 0.15) is 6.10 Å². The number of rotatable bonds is 3. The molecule has 2 atom stereocenters. The van der Waals surface area contributed by atoms with E-state index in [0.717, 1.165) is 32.7 Å². The molecule has 0 spiro atoms. The molecule has 0 aromatic rings. The third-order valence-electron chi connectivity index (χ3n) is 3.20. The van der Waals surface area contributed by atoms with Gasteiger partial charge in [-0.05, 0) is 6.42 Å². The molecule has 2 heterocycles. The molecule has 16 heavy (non-hydrogen) atoms. The van der Waals surface area contributed by atoms with Gasteiger partial charge in [0.15, 0.2) is 0 Å². The van der Waals surface area contributed by atoms with E-state index in [-0.39, 0.29) is 12.0 Å². The largest absolute Gasteiger partial charge is 0.384 e. The van der Waals surface area contributed by atoms with Crippen molar-refractivity contribution in [3.8, 4) is 0 Å². The first-order chi connectivity index (χ1) is 7.81. The lowest BCUT2D eigenvalue weighted by Crippen LogP contribution is -2.48. The highest BCUT2D eigenvalue weighted by Gasteiger charge is 2.32. The van der Waals surface area contributed by atoms with Crippen molar-refractivity contribution in [3.63, 3.8) is 0 Å². The molecule has 2 aliphatic heterocycles. The molecule has 5 heteroatoms. The van der Waals surface area contributed by atoms with Gasteiger partial charge in [-0.3, -0.25) is 4.79 Å². The van der Waals surface area contributed by atoms with Crippen LogP contribution in [-0.2, 0) is 14.3 Å². The second-order valence-electron chi connectivity index (χ2n) is 4.46. The third kappa shape index (κ3) is 2.72. The smallest absolute Gasteiger partial charge is 0.253 e. The van der Waals surface area contributed by atoms with E-state index in [1.165, 1.54) is 0 Å². The van der Waals surface area contributed by atoms with Crippen molar-refractivity contribution in [2.75, 3.05) is 46.5 Å². The first kappa shape index (κ1) is 11.8. The topological polar surface area (TPSA) is 50.8 Å². The summed E-state index contributed by atoms with van der Waals surface area (Å²) in [6.07, 6.45) is 0.759. The van der Waals surface area contributed by atoms with Crippen LogP contribution in [0.5, 0.6) is 0 Å². The molecule has 0 radical (unpaired) electrons. The molecule has 2 rings (SSSR count). The molecule has 2 unspecified atom stereocenters. The minimum atomic E-state index is -0.282. The van der Waals surface area contributed by atoms with Gasteiger partial charge < -0.3 is 19.7 Å². The number of carbonyl (C=O) groups excluding carboxylic acids is 1. The fourth-order valence-electron chi connectivity index (χ4n) is 2.33. The van der Waals surface area contributed by atoms with Gasteiger partial charge in [-0.25, -0.2) is 0 Å². The number of nitrogens with zero attached hydrogens (tertiary/aromatic N) is 1. The maximum atomic E-state index is 12.1. The molecule has 1 N–H and O–H groups in total. The Labute approximate surface area is 96.1 Å². The van der Waals surface area contributed by atoms with Gasteiger partial charge in [0.2, 0.25) is 0 Å². The van der Waals surface area contributed by atoms with Crippen LogP contribution in [0.3, 0.4) is 0 Å². The lowest BCUT2D eigenvalue weighted by atomic mass is 10.1. The zero-order valence-electron chi connectivity index (χ0n) is 9.78. The predicted molar refractivity (Wildman–Crippen MR) is 59.2 cm³/mol. The summed E-state index contributed by atoms with van der Waals surface area (Å²) in [7, 11) is 1.71. The Balaban J connectivity index is 1.81. The van der Waals surface area contributed by atoms with E-state index in [0.29, 0.717) is 19.1 Å². The number of carbonyl (C=O) groups is 1. The minimum absolute atomic E-state index is 0.130. The van der Waals surface area contributed by atoms with Gasteiger partial charge >= 0.3 is 0 Å². The first-order valence-electron chi connectivity index (χ1n) is 5.91. The summed E-state index contributed by atoms with van der Waals surface area (Å²) in [6, 6.07) is 0. The molecule has 0 aromatic heterocycles. The van der Waals surface area contributed by atoms with Crippen LogP contribution in [0.15, 0.2) is 0 Å². The fraction of sp³-hybridized carbons (Fsp3) is 0.909. The van der Waals surface area contributed by atoms with E-state index in [4.69, 9.17) is 9.47 Å². The van der Waals surface area contributed by atoms with E-state index >= 15 is 0 Å². The summed E-state index contributed by atoms with van der Waals surface area (Å²) in [5.74, 6) is 0.622. The number of amides is 1. The zero-order chi connectivity index (χ0) is 11.4. The monoisotopic (exact) mass is 228 g/mol. The van der Waals surface area contributed by atoms with Gasteiger partial charge in [0.05, 0.1) is 13.2 Å². The van der Waals surface area contributed by atoms with Crippen LogP contribution < -0.4 is 5.32 Å². The summed E-state index contributed by atoms with van der Waals surface area (Å²) in [6.45, 7) is 4.51. The molecule has 2 aliphatic rings. The predicted octanol–water partition coefficient (Wildman–Crippen LogP) is -0.530. The van der Waals surface area contributed by atoms with Crippen molar-refractivity contribution in [2.24, 2.45) is 5.92 Å². The number of hydrogen-bond donors (Lipinski definition) is 1. The summed E-state index contributed by atoms with van der Waals surface area (Å²) in [4.78, 5) is 14.0. The second-order valence-corrected chi connectivity index (χ2v) is 4.46. The summed E-state index contributed by atoms with van der Waals surface area (Å²) >= 11 is 0. The molecule has 2 saturated heterocycles. The highest BCUT2D eigenvalue weighted by atomic mass is 16.5. The Bertz CT molecular complexity index is 241. The molecule has 2 fully saturated rings. The Morgan fingerprint density at radius 1 is 1.62 bits per heavy atom. The molecule has 0 saturated carbocycles. The highest BCUT2D eigenvalue weighted by Crippen LogP contribution is 2.18. The average molecular weight is 228 g/mol. The number of morpholine rings is 1. The van der Waals surface area contributed by atoms with Gasteiger partial charge in [-0.15, -0.1) is 0 Å². The van der Waals surface area contributed by atoms with E-state index < -0.39 is 0 Å². The molecular formula is C11H20N2O3. The fourth-order valence-corrected chi connectivity index (χ4v) is 2.33. The zero-order valence-corrected chi connectivity index (χ0v) is 9.78. The summed E-state index contributed by atoms with van der Waals surface area (Å²) < 4.78 is 10.6. The van der Waals surface area contributed by atoms with Crippen LogP contribution in [0.25, 0.3) is 0 Å². The maximum Gasteiger partial charge on any atom is 0.253 e. The third-order valence-corrected chi connectivity index (χ3v) is 3.20. The standard InChI is InChI=1S/C11H20N2O3/c1-15-8-9-2-4-13(7-9)11(14)10-6-12-3-5-16-10/h9-10,12H,2-8H2,1H3. The summed E-state index contributed by atoms with van der Waals surface area (Å²) in [5, 5.41) is 3.18. The number of likely N-dealkylation sites (tertiary alicyclic amines) is 1. The van der Waals surface area contributed by atoms with Crippen molar-refractivity contribution in [2.45, 2.75) is 12.5 Å². The van der Waals surface area contributed by atoms with E-state index in [9.17, 15) is 4.79 Å². The van der Waals surface area contributed by atoms with Crippen molar-refractivity contribution in [1.82, 2.24) is 10.2 Å². The minimum Gasteiger partial charge on any atom is -0.384 e. The molecule has 1 amide bonds. The quantitative estimate of drug-likeness (QED) is 0.705. The van der Waals surface area contributed by atoms with Crippen LogP contribution in [0, 0.1) is 5.92 Å². The van der Waals surface area contributed by atoms with Gasteiger partial charge in [0, 0.05) is 39.2 Å². The second kappa shape index (κ2) is 5.61. The molecule has 0 bridgehead atoms. The van der Waals surface area contributed by atoms with E-state index in [1.807, 2.05) is 4.90 Å². The molecular weight excluding hydrogens is 208 g/mol. The maximum absolute atomic E-state index is 12.1. The molecule has 92 valence electrons. The van der Waals surface area contributed by atoms with Crippen LogP contribution in [-0.4, -0.2) is 63.4 Å². The van der Waals surface area contributed by atoms with Gasteiger partial charge in [-0.2, -0.15) is 0 Å². The van der Waals surface area contributed by atoms with Crippen LogP contribution >= 0.6 is 0 Å². The lowest BCUT2D eigenvalue weighted by Gasteiger charge is -2.27. The van der Waals surface area contributed by atoms with Gasteiger partial charge in [0.25, 0.3) is 5.91 Å². The van der Waals surface area contributed by atoms with Crippen LogP contribution in [0.2, 0.25) is 0 Å². The van der Waals surface area contributed by atoms with Crippen molar-refractivity contribution in [1.29, 1.82) is 0 Å². The molecule has 5 nitrogen and oxygen atoms in total. The van der Waals surface area contributed by atoms with Gasteiger partial charge in [-0.1, -0.05) is 0 Å². The first-order valence-corrected chi connectivity index (χ1v) is 5.91. The number of methoxy groups -OCH3 is 1. The Kier molecular flexibility index (Phi) is 4.15.